The van der Waals surface area contributed by atoms with Crippen molar-refractivity contribution >= 4 is 23.5 Å². The van der Waals surface area contributed by atoms with E-state index in [1.165, 1.54) is 0 Å². The first-order valence-corrected chi connectivity index (χ1v) is 11.9. The predicted molar refractivity (Wildman–Crippen MR) is 138 cm³/mol. The van der Waals surface area contributed by atoms with Crippen LogP contribution in [0.25, 0.3) is 11.1 Å². The van der Waals surface area contributed by atoms with E-state index in [-0.39, 0.29) is 11.6 Å². The number of carbonyl (C=O) groups excluding carboxylic acids is 1. The van der Waals surface area contributed by atoms with Crippen molar-refractivity contribution in [1.29, 1.82) is 0 Å². The van der Waals surface area contributed by atoms with Crippen LogP contribution in [0.2, 0.25) is 5.02 Å². The van der Waals surface area contributed by atoms with Gasteiger partial charge in [0.05, 0.1) is 5.60 Å². The van der Waals surface area contributed by atoms with Crippen molar-refractivity contribution in [2.24, 2.45) is 0 Å². The molecule has 2 N–H and O–H groups in total. The first-order chi connectivity index (χ1) is 16.5. The van der Waals surface area contributed by atoms with E-state index in [9.17, 15) is 14.7 Å². The molecule has 0 spiro atoms. The topological polar surface area (TPSA) is 88.5 Å². The maximum absolute atomic E-state index is 13.1. The van der Waals surface area contributed by atoms with E-state index >= 15 is 0 Å². The third-order valence-corrected chi connectivity index (χ3v) is 5.77. The number of pyridine rings is 1. The van der Waals surface area contributed by atoms with Crippen LogP contribution in [-0.2, 0) is 16.0 Å². The highest BCUT2D eigenvalue weighted by Gasteiger charge is 2.33. The minimum absolute atomic E-state index is 0.254. The second-order valence-corrected chi connectivity index (χ2v) is 9.84. The second-order valence-electron chi connectivity index (χ2n) is 9.41. The van der Waals surface area contributed by atoms with Gasteiger partial charge in [-0.25, -0.2) is 9.78 Å². The Balaban J connectivity index is 2.06. The molecule has 1 heterocycles. The minimum Gasteiger partial charge on any atom is -0.479 e. The van der Waals surface area contributed by atoms with Gasteiger partial charge in [-0.1, -0.05) is 54.1 Å². The van der Waals surface area contributed by atoms with Crippen molar-refractivity contribution in [3.8, 4) is 11.1 Å². The zero-order chi connectivity index (χ0) is 25.8. The van der Waals surface area contributed by atoms with E-state index in [0.717, 1.165) is 11.1 Å². The van der Waals surface area contributed by atoms with Crippen LogP contribution in [-0.4, -0.2) is 34.1 Å². The summed E-state index contributed by atoms with van der Waals surface area (Å²) in [7, 11) is 0. The Morgan fingerprint density at radius 3 is 2.26 bits per heavy atom. The summed E-state index contributed by atoms with van der Waals surface area (Å²) in [5.74, 6) is -1.44. The monoisotopic (exact) mass is 494 g/mol. The summed E-state index contributed by atoms with van der Waals surface area (Å²) in [6.45, 7) is 9.34. The molecule has 0 fully saturated rings. The van der Waals surface area contributed by atoms with Gasteiger partial charge >= 0.3 is 5.97 Å². The number of benzene rings is 2. The Morgan fingerprint density at radius 2 is 1.69 bits per heavy atom. The molecule has 1 atom stereocenters. The largest absolute Gasteiger partial charge is 0.479 e. The third-order valence-electron chi connectivity index (χ3n) is 5.52. The van der Waals surface area contributed by atoms with Crippen molar-refractivity contribution in [3.63, 3.8) is 0 Å². The highest BCUT2D eigenvalue weighted by molar-refractivity contribution is 6.30. The number of carbonyl (C=O) groups is 2. The zero-order valence-corrected chi connectivity index (χ0v) is 21.4. The summed E-state index contributed by atoms with van der Waals surface area (Å²) >= 11 is 6.10. The second kappa shape index (κ2) is 11.0. The molecule has 0 bridgehead atoms. The van der Waals surface area contributed by atoms with Gasteiger partial charge in [-0.2, -0.15) is 0 Å². The van der Waals surface area contributed by atoms with E-state index in [0.29, 0.717) is 40.4 Å². The Morgan fingerprint density at radius 1 is 1.06 bits per heavy atom. The Kier molecular flexibility index (Phi) is 8.30. The third kappa shape index (κ3) is 6.68. The van der Waals surface area contributed by atoms with Gasteiger partial charge in [0.2, 0.25) is 0 Å². The molecule has 7 heteroatoms. The van der Waals surface area contributed by atoms with Gasteiger partial charge in [-0.3, -0.25) is 4.79 Å². The van der Waals surface area contributed by atoms with Crippen molar-refractivity contribution in [2.75, 3.05) is 6.54 Å². The normalized spacial score (nSPS) is 12.3. The average molecular weight is 495 g/mol. The van der Waals surface area contributed by atoms with Crippen LogP contribution in [0.5, 0.6) is 0 Å². The van der Waals surface area contributed by atoms with Gasteiger partial charge in [-0.05, 0) is 75.4 Å². The summed E-state index contributed by atoms with van der Waals surface area (Å²) in [6.07, 6.45) is -0.574. The number of ether oxygens (including phenoxy) is 1. The SMILES string of the molecule is Cc1nc(C(=O)NCCc2ccccc2)c(C)c(-c2ccc(Cl)cc2)c1[C@H](OC(C)(C)C)C(=O)O. The van der Waals surface area contributed by atoms with E-state index in [2.05, 4.69) is 10.3 Å². The van der Waals surface area contributed by atoms with Crippen molar-refractivity contribution in [2.45, 2.75) is 52.7 Å². The average Bonchev–Trinajstić information content (AvgIpc) is 2.79. The number of hydrogen-bond donors (Lipinski definition) is 2. The van der Waals surface area contributed by atoms with Gasteiger partial charge < -0.3 is 15.2 Å². The number of aryl methyl sites for hydroxylation is 1. The van der Waals surface area contributed by atoms with Crippen LogP contribution >= 0.6 is 11.6 Å². The molecule has 1 aromatic heterocycles. The molecular weight excluding hydrogens is 464 g/mol. The first kappa shape index (κ1) is 26.4. The number of aromatic nitrogens is 1. The van der Waals surface area contributed by atoms with E-state index in [1.54, 1.807) is 58.9 Å². The molecule has 3 aromatic rings. The van der Waals surface area contributed by atoms with Crippen LogP contribution in [0.4, 0.5) is 0 Å². The number of carboxylic acid groups (broad SMARTS) is 1. The van der Waals surface area contributed by atoms with Crippen LogP contribution in [0.1, 0.15) is 59.7 Å². The molecule has 2 aromatic carbocycles. The first-order valence-electron chi connectivity index (χ1n) is 11.5. The lowest BCUT2D eigenvalue weighted by atomic mass is 9.89. The minimum atomic E-state index is -1.26. The number of hydrogen-bond acceptors (Lipinski definition) is 4. The molecule has 0 saturated carbocycles. The predicted octanol–water partition coefficient (Wildman–Crippen LogP) is 5.93. The zero-order valence-electron chi connectivity index (χ0n) is 20.7. The maximum Gasteiger partial charge on any atom is 0.337 e. The molecule has 0 aliphatic heterocycles. The number of nitrogens with one attached hydrogen (secondary N) is 1. The lowest BCUT2D eigenvalue weighted by Crippen LogP contribution is -2.30. The van der Waals surface area contributed by atoms with Crippen molar-refractivity contribution < 1.29 is 19.4 Å². The lowest BCUT2D eigenvalue weighted by molar-refractivity contribution is -0.160. The summed E-state index contributed by atoms with van der Waals surface area (Å²) < 4.78 is 5.96. The van der Waals surface area contributed by atoms with Crippen molar-refractivity contribution in [3.05, 3.63) is 87.7 Å². The number of nitrogens with zero attached hydrogens (tertiary/aromatic N) is 1. The molecule has 0 aliphatic carbocycles. The smallest absolute Gasteiger partial charge is 0.337 e. The number of rotatable bonds is 8. The Hall–Kier alpha value is -3.22. The highest BCUT2D eigenvalue weighted by Crippen LogP contribution is 2.38. The molecule has 1 amide bonds. The summed E-state index contributed by atoms with van der Waals surface area (Å²) in [5, 5.41) is 13.6. The van der Waals surface area contributed by atoms with Crippen LogP contribution < -0.4 is 5.32 Å². The summed E-state index contributed by atoms with van der Waals surface area (Å²) in [6, 6.07) is 17.0. The molecule has 0 radical (unpaired) electrons. The van der Waals surface area contributed by atoms with E-state index in [4.69, 9.17) is 16.3 Å². The molecule has 35 heavy (non-hydrogen) atoms. The number of halogens is 1. The fraction of sp³-hybridized carbons (Fsp3) is 0.321. The Bertz CT molecular complexity index is 1200. The van der Waals surface area contributed by atoms with Crippen molar-refractivity contribution in [1.82, 2.24) is 10.3 Å². The highest BCUT2D eigenvalue weighted by atomic mass is 35.5. The molecule has 0 aliphatic rings. The standard InChI is InChI=1S/C28H31ClN2O4/c1-17-22(20-11-13-21(29)14-12-20)23(25(27(33)34)35-28(3,4)5)18(2)31-24(17)26(32)30-16-15-19-9-7-6-8-10-19/h6-14,25H,15-16H2,1-5H3,(H,30,32)(H,33,34)/t25-/m0/s1. The lowest BCUT2D eigenvalue weighted by Gasteiger charge is -2.28. The van der Waals surface area contributed by atoms with E-state index in [1.807, 2.05) is 30.3 Å². The molecule has 3 rings (SSSR count). The summed E-state index contributed by atoms with van der Waals surface area (Å²) in [4.78, 5) is 30.0. The Labute approximate surface area is 211 Å². The molecule has 0 unspecified atom stereocenters. The quantitative estimate of drug-likeness (QED) is 0.405. The molecule has 6 nitrogen and oxygen atoms in total. The van der Waals surface area contributed by atoms with Crippen LogP contribution in [0, 0.1) is 13.8 Å². The van der Waals surface area contributed by atoms with Gasteiger partial charge in [0.15, 0.2) is 6.10 Å². The number of aliphatic carboxylic acids is 1. The summed E-state index contributed by atoms with van der Waals surface area (Å²) in [5.41, 5.74) is 3.42. The molecular formula is C28H31ClN2O4. The number of amides is 1. The molecule has 184 valence electrons. The van der Waals surface area contributed by atoms with Gasteiger partial charge in [0.25, 0.3) is 5.91 Å². The number of carboxylic acids is 1. The fourth-order valence-electron chi connectivity index (χ4n) is 3.98. The van der Waals surface area contributed by atoms with Crippen LogP contribution in [0.3, 0.4) is 0 Å². The fourth-order valence-corrected chi connectivity index (χ4v) is 4.10. The molecule has 0 saturated heterocycles. The van der Waals surface area contributed by atoms with Gasteiger partial charge in [0, 0.05) is 22.8 Å². The van der Waals surface area contributed by atoms with Crippen LogP contribution in [0.15, 0.2) is 54.6 Å². The van der Waals surface area contributed by atoms with Gasteiger partial charge in [-0.15, -0.1) is 0 Å². The maximum atomic E-state index is 13.1. The van der Waals surface area contributed by atoms with E-state index < -0.39 is 17.7 Å². The van der Waals surface area contributed by atoms with Gasteiger partial charge in [0.1, 0.15) is 5.69 Å².